The average Bonchev–Trinajstić information content (AvgIpc) is 2.69. The van der Waals surface area contributed by atoms with Crippen LogP contribution >= 0.6 is 0 Å². The van der Waals surface area contributed by atoms with E-state index in [0.29, 0.717) is 0 Å². The van der Waals surface area contributed by atoms with Gasteiger partial charge in [0, 0.05) is 6.42 Å². The van der Waals surface area contributed by atoms with Gasteiger partial charge in [0.1, 0.15) is 18.1 Å². The lowest BCUT2D eigenvalue weighted by Crippen LogP contribution is -2.58. The lowest BCUT2D eigenvalue weighted by atomic mass is 10.0. The zero-order valence-electron chi connectivity index (χ0n) is 16.4. The lowest BCUT2D eigenvalue weighted by Gasteiger charge is -2.24. The average molecular weight is 408 g/mol. The minimum Gasteiger partial charge on any atom is -0.480 e. The van der Waals surface area contributed by atoms with Crippen LogP contribution in [0, 0.1) is 5.92 Å². The number of nitrogens with one attached hydrogen (secondary N) is 3. The van der Waals surface area contributed by atoms with Crippen molar-refractivity contribution in [1.29, 1.82) is 0 Å². The van der Waals surface area contributed by atoms with Gasteiger partial charge in [-0.15, -0.1) is 0 Å². The summed E-state index contributed by atoms with van der Waals surface area (Å²) < 4.78 is 0. The zero-order chi connectivity index (χ0) is 22.0. The van der Waals surface area contributed by atoms with Gasteiger partial charge in [-0.1, -0.05) is 44.2 Å². The van der Waals surface area contributed by atoms with Crippen LogP contribution < -0.4 is 21.7 Å². The number of carboxylic acids is 1. The molecule has 1 aromatic rings. The van der Waals surface area contributed by atoms with Gasteiger partial charge in [-0.2, -0.15) is 0 Å². The first kappa shape index (κ1) is 24.1. The van der Waals surface area contributed by atoms with Gasteiger partial charge in [0.25, 0.3) is 0 Å². The van der Waals surface area contributed by atoms with Gasteiger partial charge in [-0.3, -0.25) is 14.4 Å². The van der Waals surface area contributed by atoms with Crippen molar-refractivity contribution >= 4 is 23.7 Å². The summed E-state index contributed by atoms with van der Waals surface area (Å²) in [7, 11) is 0. The molecule has 0 radical (unpaired) electrons. The first-order valence-electron chi connectivity index (χ1n) is 9.17. The van der Waals surface area contributed by atoms with E-state index in [9.17, 15) is 29.4 Å². The summed E-state index contributed by atoms with van der Waals surface area (Å²) in [6.45, 7) is 2.16. The molecule has 0 saturated carbocycles. The maximum Gasteiger partial charge on any atom is 0.326 e. The fourth-order valence-corrected chi connectivity index (χ4v) is 2.55. The van der Waals surface area contributed by atoms with Gasteiger partial charge >= 0.3 is 5.97 Å². The number of nitrogens with two attached hydrogens (primary N) is 1. The standard InChI is InChI=1S/C19H28N4O6/c1-11(2)16(19(28)29)23-18(27)14(10-24)22-17(26)13(21-15(25)9-20)8-12-6-4-3-5-7-12/h3-7,11,13-14,16,24H,8-10,20H2,1-2H3,(H,21,25)(H,22,26)(H,23,27)(H,28,29). The Hall–Kier alpha value is -2.98. The van der Waals surface area contributed by atoms with Crippen LogP contribution in [-0.4, -0.2) is 65.2 Å². The molecule has 0 aliphatic heterocycles. The summed E-state index contributed by atoms with van der Waals surface area (Å²) in [6, 6.07) is 5.30. The molecule has 3 atom stereocenters. The number of aliphatic hydroxyl groups is 1. The first-order chi connectivity index (χ1) is 13.7. The third-order valence-electron chi connectivity index (χ3n) is 4.17. The number of amides is 3. The van der Waals surface area contributed by atoms with E-state index in [1.165, 1.54) is 0 Å². The zero-order valence-corrected chi connectivity index (χ0v) is 16.4. The fourth-order valence-electron chi connectivity index (χ4n) is 2.55. The molecule has 0 spiro atoms. The summed E-state index contributed by atoms with van der Waals surface area (Å²) in [5.74, 6) is -3.74. The third-order valence-corrected chi connectivity index (χ3v) is 4.17. The van der Waals surface area contributed by atoms with Crippen LogP contribution in [0.4, 0.5) is 0 Å². The number of carbonyl (C=O) groups excluding carboxylic acids is 3. The number of benzene rings is 1. The summed E-state index contributed by atoms with van der Waals surface area (Å²) in [4.78, 5) is 47.9. The molecule has 29 heavy (non-hydrogen) atoms. The number of carboxylic acid groups (broad SMARTS) is 1. The topological polar surface area (TPSA) is 171 Å². The smallest absolute Gasteiger partial charge is 0.326 e. The van der Waals surface area contributed by atoms with E-state index in [1.54, 1.807) is 44.2 Å². The molecule has 0 bridgehead atoms. The minimum absolute atomic E-state index is 0.141. The molecule has 10 nitrogen and oxygen atoms in total. The molecular formula is C19H28N4O6. The van der Waals surface area contributed by atoms with Crippen LogP contribution in [0.3, 0.4) is 0 Å². The molecule has 0 saturated heterocycles. The van der Waals surface area contributed by atoms with E-state index in [4.69, 9.17) is 5.73 Å². The Bertz CT molecular complexity index is 710. The van der Waals surface area contributed by atoms with Crippen molar-refractivity contribution in [2.45, 2.75) is 38.4 Å². The van der Waals surface area contributed by atoms with E-state index in [1.807, 2.05) is 0 Å². The molecule has 10 heteroatoms. The summed E-state index contributed by atoms with van der Waals surface area (Å²) >= 11 is 0. The fraction of sp³-hybridized carbons (Fsp3) is 0.474. The largest absolute Gasteiger partial charge is 0.480 e. The lowest BCUT2D eigenvalue weighted by molar-refractivity contribution is -0.143. The molecular weight excluding hydrogens is 380 g/mol. The molecule has 0 aliphatic rings. The Morgan fingerprint density at radius 3 is 2.03 bits per heavy atom. The SMILES string of the molecule is CC(C)C(NC(=O)C(CO)NC(=O)C(Cc1ccccc1)NC(=O)CN)C(=O)O. The molecule has 0 aliphatic carbocycles. The number of aliphatic hydroxyl groups excluding tert-OH is 1. The van der Waals surface area contributed by atoms with Crippen molar-refractivity contribution in [3.05, 3.63) is 35.9 Å². The number of rotatable bonds is 11. The maximum atomic E-state index is 12.7. The van der Waals surface area contributed by atoms with E-state index in [2.05, 4.69) is 16.0 Å². The van der Waals surface area contributed by atoms with Gasteiger partial charge < -0.3 is 31.9 Å². The Labute approximate surface area is 168 Å². The Morgan fingerprint density at radius 2 is 1.55 bits per heavy atom. The summed E-state index contributed by atoms with van der Waals surface area (Å²) in [5.41, 5.74) is 6.06. The molecule has 0 fully saturated rings. The second kappa shape index (κ2) is 11.8. The van der Waals surface area contributed by atoms with Gasteiger partial charge in [-0.25, -0.2) is 4.79 Å². The van der Waals surface area contributed by atoms with E-state index in [-0.39, 0.29) is 13.0 Å². The molecule has 7 N–H and O–H groups in total. The van der Waals surface area contributed by atoms with Crippen molar-refractivity contribution in [3.8, 4) is 0 Å². The molecule has 160 valence electrons. The Balaban J connectivity index is 2.89. The summed E-state index contributed by atoms with van der Waals surface area (Å²) in [5, 5.41) is 25.8. The van der Waals surface area contributed by atoms with Gasteiger partial charge in [-0.05, 0) is 11.5 Å². The van der Waals surface area contributed by atoms with Gasteiger partial charge in [0.2, 0.25) is 17.7 Å². The van der Waals surface area contributed by atoms with Crippen molar-refractivity contribution in [2.24, 2.45) is 11.7 Å². The van der Waals surface area contributed by atoms with Crippen LogP contribution in [0.2, 0.25) is 0 Å². The van der Waals surface area contributed by atoms with E-state index < -0.39 is 54.3 Å². The minimum atomic E-state index is -1.38. The predicted molar refractivity (Wildman–Crippen MR) is 105 cm³/mol. The molecule has 0 aromatic heterocycles. The number of hydrogen-bond donors (Lipinski definition) is 6. The maximum absolute atomic E-state index is 12.7. The molecule has 0 heterocycles. The predicted octanol–water partition coefficient (Wildman–Crippen LogP) is -1.62. The van der Waals surface area contributed by atoms with Crippen LogP contribution in [0.5, 0.6) is 0 Å². The second-order valence-electron chi connectivity index (χ2n) is 6.83. The van der Waals surface area contributed by atoms with Crippen molar-refractivity contribution in [1.82, 2.24) is 16.0 Å². The van der Waals surface area contributed by atoms with Crippen molar-refractivity contribution in [2.75, 3.05) is 13.2 Å². The number of carbonyl (C=O) groups is 4. The summed E-state index contributed by atoms with van der Waals surface area (Å²) in [6.07, 6.45) is 0.141. The number of hydrogen-bond acceptors (Lipinski definition) is 6. The molecule has 3 amide bonds. The normalized spacial score (nSPS) is 13.8. The highest BCUT2D eigenvalue weighted by Crippen LogP contribution is 2.05. The highest BCUT2D eigenvalue weighted by molar-refractivity contribution is 5.93. The molecule has 1 rings (SSSR count). The van der Waals surface area contributed by atoms with Crippen molar-refractivity contribution < 1.29 is 29.4 Å². The highest BCUT2D eigenvalue weighted by atomic mass is 16.4. The highest BCUT2D eigenvalue weighted by Gasteiger charge is 2.30. The molecule has 1 aromatic carbocycles. The second-order valence-corrected chi connectivity index (χ2v) is 6.83. The van der Waals surface area contributed by atoms with Gasteiger partial charge in [0.15, 0.2) is 0 Å². The van der Waals surface area contributed by atoms with Crippen LogP contribution in [0.25, 0.3) is 0 Å². The van der Waals surface area contributed by atoms with E-state index >= 15 is 0 Å². The Kier molecular flexibility index (Phi) is 9.76. The quantitative estimate of drug-likeness (QED) is 0.255. The van der Waals surface area contributed by atoms with Gasteiger partial charge in [0.05, 0.1) is 13.2 Å². The third kappa shape index (κ3) is 7.88. The van der Waals surface area contributed by atoms with Crippen LogP contribution in [0.1, 0.15) is 19.4 Å². The van der Waals surface area contributed by atoms with E-state index in [0.717, 1.165) is 5.56 Å². The Morgan fingerprint density at radius 1 is 0.966 bits per heavy atom. The van der Waals surface area contributed by atoms with Crippen molar-refractivity contribution in [3.63, 3.8) is 0 Å². The van der Waals surface area contributed by atoms with Crippen LogP contribution in [0.15, 0.2) is 30.3 Å². The van der Waals surface area contributed by atoms with Crippen LogP contribution in [-0.2, 0) is 25.6 Å². The first-order valence-corrected chi connectivity index (χ1v) is 9.17. The number of aliphatic carboxylic acids is 1. The monoisotopic (exact) mass is 408 g/mol. The molecule has 3 unspecified atom stereocenters.